The van der Waals surface area contributed by atoms with Crippen LogP contribution in [-0.2, 0) is 9.59 Å². The van der Waals surface area contributed by atoms with Crippen LogP contribution in [-0.4, -0.2) is 36.9 Å². The van der Waals surface area contributed by atoms with Crippen LogP contribution in [0, 0.1) is 5.92 Å². The van der Waals surface area contributed by atoms with Gasteiger partial charge in [-0.1, -0.05) is 6.07 Å². The van der Waals surface area contributed by atoms with Crippen LogP contribution in [0.15, 0.2) is 18.2 Å². The second-order valence-electron chi connectivity index (χ2n) is 3.79. The maximum Gasteiger partial charge on any atom is 0.372 e. The smallest absolute Gasteiger partial charge is 0.372 e. The molecule has 19 heavy (non-hydrogen) atoms. The summed E-state index contributed by atoms with van der Waals surface area (Å²) in [7, 11) is 2.74. The van der Waals surface area contributed by atoms with E-state index >= 15 is 0 Å². The van der Waals surface area contributed by atoms with Gasteiger partial charge >= 0.3 is 5.97 Å². The molecular formula is C13H14O6. The summed E-state index contributed by atoms with van der Waals surface area (Å²) in [5, 5.41) is 8.64. The lowest BCUT2D eigenvalue weighted by Crippen LogP contribution is -2.28. The van der Waals surface area contributed by atoms with E-state index in [-0.39, 0.29) is 17.1 Å². The Labute approximate surface area is 109 Å². The van der Waals surface area contributed by atoms with Gasteiger partial charge in [0, 0.05) is 0 Å². The third-order valence-electron chi connectivity index (χ3n) is 2.67. The number of rotatable bonds is 6. The number of aliphatic carboxylic acids is 1. The maximum absolute atomic E-state index is 12.2. The van der Waals surface area contributed by atoms with Gasteiger partial charge in [0.1, 0.15) is 17.1 Å². The predicted molar refractivity (Wildman–Crippen MR) is 65.7 cm³/mol. The molecule has 0 fully saturated rings. The van der Waals surface area contributed by atoms with Crippen LogP contribution in [0.1, 0.15) is 17.3 Å². The average Bonchev–Trinajstić information content (AvgIpc) is 2.43. The number of hydrogen-bond acceptors (Lipinski definition) is 5. The second kappa shape index (κ2) is 5.99. The van der Waals surface area contributed by atoms with Gasteiger partial charge in [0.2, 0.25) is 5.78 Å². The molecule has 0 aliphatic rings. The minimum Gasteiger partial charge on any atom is -0.496 e. The zero-order chi connectivity index (χ0) is 14.6. The Morgan fingerprint density at radius 3 is 1.95 bits per heavy atom. The standard InChI is InChI=1S/C13H14O6/c1-7(12(15)13(16)17)11(14)10-8(18-2)5-4-6-9(10)19-3/h4-7H,1-3H3,(H,16,17). The molecule has 0 aromatic heterocycles. The van der Waals surface area contributed by atoms with Crippen molar-refractivity contribution in [1.29, 1.82) is 0 Å². The molecule has 6 heteroatoms. The van der Waals surface area contributed by atoms with Gasteiger partial charge in [-0.25, -0.2) is 4.79 Å². The monoisotopic (exact) mass is 266 g/mol. The summed E-state index contributed by atoms with van der Waals surface area (Å²) >= 11 is 0. The van der Waals surface area contributed by atoms with Gasteiger partial charge in [-0.2, -0.15) is 0 Å². The van der Waals surface area contributed by atoms with Crippen molar-refractivity contribution in [3.8, 4) is 11.5 Å². The van der Waals surface area contributed by atoms with Crippen LogP contribution in [0.2, 0.25) is 0 Å². The van der Waals surface area contributed by atoms with E-state index in [4.69, 9.17) is 14.6 Å². The largest absolute Gasteiger partial charge is 0.496 e. The summed E-state index contributed by atoms with van der Waals surface area (Å²) in [5.41, 5.74) is 0.0644. The molecule has 1 unspecified atom stereocenters. The molecular weight excluding hydrogens is 252 g/mol. The van der Waals surface area contributed by atoms with Gasteiger partial charge in [0.25, 0.3) is 0 Å². The third-order valence-corrected chi connectivity index (χ3v) is 2.67. The van der Waals surface area contributed by atoms with Crippen molar-refractivity contribution in [1.82, 2.24) is 0 Å². The number of Topliss-reactive ketones (excluding diaryl/α,β-unsaturated/α-hetero) is 2. The summed E-state index contributed by atoms with van der Waals surface area (Å²) in [5.74, 6) is -4.30. The predicted octanol–water partition coefficient (Wildman–Crippen LogP) is 1.18. The van der Waals surface area contributed by atoms with E-state index in [0.29, 0.717) is 0 Å². The lowest BCUT2D eigenvalue weighted by Gasteiger charge is -2.14. The molecule has 0 radical (unpaired) electrons. The summed E-state index contributed by atoms with van der Waals surface area (Å²) in [6, 6.07) is 4.69. The van der Waals surface area contributed by atoms with Crippen LogP contribution in [0.5, 0.6) is 11.5 Å². The van der Waals surface area contributed by atoms with E-state index in [1.807, 2.05) is 0 Å². The van der Waals surface area contributed by atoms with Crippen molar-refractivity contribution in [2.24, 2.45) is 5.92 Å². The van der Waals surface area contributed by atoms with Crippen molar-refractivity contribution in [3.05, 3.63) is 23.8 Å². The molecule has 1 aromatic carbocycles. The topological polar surface area (TPSA) is 89.9 Å². The van der Waals surface area contributed by atoms with E-state index in [2.05, 4.69) is 0 Å². The zero-order valence-corrected chi connectivity index (χ0v) is 10.8. The lowest BCUT2D eigenvalue weighted by molar-refractivity contribution is -0.150. The fraction of sp³-hybridized carbons (Fsp3) is 0.308. The minimum absolute atomic E-state index is 0.0644. The Balaban J connectivity index is 3.25. The number of hydrogen-bond donors (Lipinski definition) is 1. The molecule has 1 rings (SSSR count). The van der Waals surface area contributed by atoms with Crippen LogP contribution >= 0.6 is 0 Å². The highest BCUT2D eigenvalue weighted by Crippen LogP contribution is 2.30. The van der Waals surface area contributed by atoms with E-state index in [0.717, 1.165) is 0 Å². The molecule has 1 aromatic rings. The molecule has 0 spiro atoms. The van der Waals surface area contributed by atoms with Crippen LogP contribution in [0.4, 0.5) is 0 Å². The van der Waals surface area contributed by atoms with Crippen molar-refractivity contribution in [2.45, 2.75) is 6.92 Å². The Bertz CT molecular complexity index is 498. The Hall–Kier alpha value is -2.37. The molecule has 0 saturated heterocycles. The number of carboxylic acid groups (broad SMARTS) is 1. The number of methoxy groups -OCH3 is 2. The van der Waals surface area contributed by atoms with Gasteiger partial charge in [-0.05, 0) is 19.1 Å². The first-order valence-electron chi connectivity index (χ1n) is 5.46. The maximum atomic E-state index is 12.2. The summed E-state index contributed by atoms with van der Waals surface area (Å²) in [4.78, 5) is 34.2. The first-order chi connectivity index (χ1) is 8.93. The highest BCUT2D eigenvalue weighted by molar-refractivity contribution is 6.38. The number of benzene rings is 1. The molecule has 6 nitrogen and oxygen atoms in total. The van der Waals surface area contributed by atoms with E-state index in [9.17, 15) is 14.4 Å². The van der Waals surface area contributed by atoms with Crippen LogP contribution in [0.3, 0.4) is 0 Å². The summed E-state index contributed by atoms with van der Waals surface area (Å²) in [6.45, 7) is 1.24. The normalized spacial score (nSPS) is 11.5. The van der Waals surface area contributed by atoms with E-state index in [1.54, 1.807) is 6.07 Å². The average molecular weight is 266 g/mol. The molecule has 102 valence electrons. The van der Waals surface area contributed by atoms with Gasteiger partial charge in [-0.3, -0.25) is 9.59 Å². The lowest BCUT2D eigenvalue weighted by atomic mass is 9.94. The molecule has 0 heterocycles. The van der Waals surface area contributed by atoms with Gasteiger partial charge in [0.15, 0.2) is 5.78 Å². The fourth-order valence-electron chi connectivity index (χ4n) is 1.61. The molecule has 1 atom stereocenters. The van der Waals surface area contributed by atoms with E-state index < -0.39 is 23.5 Å². The second-order valence-corrected chi connectivity index (χ2v) is 3.79. The first-order valence-corrected chi connectivity index (χ1v) is 5.46. The van der Waals surface area contributed by atoms with Crippen molar-refractivity contribution < 1.29 is 29.0 Å². The van der Waals surface area contributed by atoms with Crippen LogP contribution < -0.4 is 9.47 Å². The van der Waals surface area contributed by atoms with Gasteiger partial charge in [0.05, 0.1) is 20.1 Å². The molecule has 0 amide bonds. The SMILES string of the molecule is COc1cccc(OC)c1C(=O)C(C)C(=O)C(=O)O. The first kappa shape index (κ1) is 14.7. The number of carbonyl (C=O) groups is 3. The molecule has 0 bridgehead atoms. The van der Waals surface area contributed by atoms with Crippen LogP contribution in [0.25, 0.3) is 0 Å². The fourth-order valence-corrected chi connectivity index (χ4v) is 1.61. The minimum atomic E-state index is -1.64. The highest BCUT2D eigenvalue weighted by Gasteiger charge is 2.31. The summed E-state index contributed by atoms with van der Waals surface area (Å²) < 4.78 is 10.1. The van der Waals surface area contributed by atoms with Crippen molar-refractivity contribution >= 4 is 17.5 Å². The summed E-state index contributed by atoms with van der Waals surface area (Å²) in [6.07, 6.45) is 0. The number of carbonyl (C=O) groups excluding carboxylic acids is 2. The number of carboxylic acids is 1. The quantitative estimate of drug-likeness (QED) is 0.472. The zero-order valence-electron chi connectivity index (χ0n) is 10.8. The Morgan fingerprint density at radius 1 is 1.11 bits per heavy atom. The molecule has 0 saturated carbocycles. The van der Waals surface area contributed by atoms with Gasteiger partial charge in [-0.15, -0.1) is 0 Å². The van der Waals surface area contributed by atoms with Crippen molar-refractivity contribution in [3.63, 3.8) is 0 Å². The number of ether oxygens (including phenoxy) is 2. The Kier molecular flexibility index (Phi) is 4.63. The van der Waals surface area contributed by atoms with Crippen molar-refractivity contribution in [2.75, 3.05) is 14.2 Å². The molecule has 0 aliphatic heterocycles. The highest BCUT2D eigenvalue weighted by atomic mass is 16.5. The Morgan fingerprint density at radius 2 is 1.58 bits per heavy atom. The third kappa shape index (κ3) is 2.90. The number of ketones is 2. The van der Waals surface area contributed by atoms with Gasteiger partial charge < -0.3 is 14.6 Å². The molecule has 1 N–H and O–H groups in total. The van der Waals surface area contributed by atoms with E-state index in [1.165, 1.54) is 33.3 Å². The molecule has 0 aliphatic carbocycles.